The zero-order chi connectivity index (χ0) is 19.2. The molecule has 1 aromatic heterocycles. The summed E-state index contributed by atoms with van der Waals surface area (Å²) in [5.41, 5.74) is 2.65. The third-order valence-electron chi connectivity index (χ3n) is 5.14. The Hall–Kier alpha value is -2.47. The van der Waals surface area contributed by atoms with E-state index < -0.39 is 0 Å². The normalized spacial score (nSPS) is 17.8. The van der Waals surface area contributed by atoms with Crippen LogP contribution < -0.4 is 11.0 Å². The molecule has 0 spiro atoms. The zero-order valence-electron chi connectivity index (χ0n) is 16.1. The molecule has 0 aliphatic carbocycles. The lowest BCUT2D eigenvalue weighted by Gasteiger charge is -2.21. The third kappa shape index (κ3) is 5.26. The number of rotatable bonds is 6. The van der Waals surface area contributed by atoms with E-state index in [4.69, 9.17) is 0 Å². The standard InChI is InChI=1S/C21H28N4O2/c1-16-14-17(2)25(21(27)23-16)13-11-22-19-8-9-20(26)24(12-10-19)15-18-6-4-3-5-7-18/h3-7,14,19,22H,8-13,15H2,1-2H3/t19-/m1/s1. The second kappa shape index (κ2) is 8.95. The number of amides is 1. The van der Waals surface area contributed by atoms with E-state index in [1.54, 1.807) is 4.57 Å². The summed E-state index contributed by atoms with van der Waals surface area (Å²) in [4.78, 5) is 30.4. The molecule has 1 amide bonds. The van der Waals surface area contributed by atoms with E-state index in [2.05, 4.69) is 22.4 Å². The molecule has 144 valence electrons. The summed E-state index contributed by atoms with van der Waals surface area (Å²) < 4.78 is 1.70. The predicted molar refractivity (Wildman–Crippen MR) is 105 cm³/mol. The lowest BCUT2D eigenvalue weighted by molar-refractivity contribution is -0.131. The van der Waals surface area contributed by atoms with Gasteiger partial charge in [-0.15, -0.1) is 0 Å². The van der Waals surface area contributed by atoms with E-state index in [1.807, 2.05) is 43.0 Å². The van der Waals surface area contributed by atoms with Crippen LogP contribution in [-0.2, 0) is 17.9 Å². The van der Waals surface area contributed by atoms with Crippen LogP contribution >= 0.6 is 0 Å². The van der Waals surface area contributed by atoms with E-state index in [9.17, 15) is 9.59 Å². The monoisotopic (exact) mass is 368 g/mol. The molecular weight excluding hydrogens is 340 g/mol. The first-order valence-corrected chi connectivity index (χ1v) is 9.63. The molecule has 1 aliphatic heterocycles. The number of aromatic nitrogens is 2. The summed E-state index contributed by atoms with van der Waals surface area (Å²) in [5, 5.41) is 3.52. The van der Waals surface area contributed by atoms with Gasteiger partial charge in [0.05, 0.1) is 0 Å². The van der Waals surface area contributed by atoms with Crippen molar-refractivity contribution in [3.8, 4) is 0 Å². The van der Waals surface area contributed by atoms with Gasteiger partial charge in [0, 0.05) is 50.0 Å². The minimum absolute atomic E-state index is 0.195. The van der Waals surface area contributed by atoms with Crippen LogP contribution in [0, 0.1) is 13.8 Å². The summed E-state index contributed by atoms with van der Waals surface area (Å²) in [6.07, 6.45) is 2.33. The molecule has 1 aliphatic rings. The summed E-state index contributed by atoms with van der Waals surface area (Å²) in [7, 11) is 0. The number of hydrogen-bond donors (Lipinski definition) is 1. The minimum atomic E-state index is -0.195. The average molecular weight is 368 g/mol. The van der Waals surface area contributed by atoms with Crippen molar-refractivity contribution in [2.24, 2.45) is 0 Å². The highest BCUT2D eigenvalue weighted by atomic mass is 16.2. The van der Waals surface area contributed by atoms with Crippen LogP contribution in [0.3, 0.4) is 0 Å². The SMILES string of the molecule is Cc1cc(C)n(CCN[C@@H]2CCC(=O)N(Cc3ccccc3)CC2)c(=O)n1. The van der Waals surface area contributed by atoms with E-state index in [1.165, 1.54) is 5.56 Å². The molecule has 1 saturated heterocycles. The summed E-state index contributed by atoms with van der Waals surface area (Å²) in [5.74, 6) is 0.220. The van der Waals surface area contributed by atoms with Crippen molar-refractivity contribution in [3.05, 3.63) is 63.8 Å². The average Bonchev–Trinajstić information content (AvgIpc) is 2.81. The Bertz CT molecular complexity index is 832. The maximum absolute atomic E-state index is 12.4. The summed E-state index contributed by atoms with van der Waals surface area (Å²) in [6, 6.07) is 12.3. The molecule has 0 bridgehead atoms. The molecule has 3 rings (SSSR count). The van der Waals surface area contributed by atoms with E-state index in [-0.39, 0.29) is 11.6 Å². The van der Waals surface area contributed by atoms with Gasteiger partial charge >= 0.3 is 5.69 Å². The highest BCUT2D eigenvalue weighted by Crippen LogP contribution is 2.15. The van der Waals surface area contributed by atoms with Gasteiger partial charge in [-0.1, -0.05) is 30.3 Å². The molecule has 1 atom stereocenters. The number of hydrogen-bond acceptors (Lipinski definition) is 4. The Balaban J connectivity index is 1.51. The lowest BCUT2D eigenvalue weighted by atomic mass is 10.1. The molecule has 0 radical (unpaired) electrons. The van der Waals surface area contributed by atoms with Crippen molar-refractivity contribution in [1.29, 1.82) is 0 Å². The maximum atomic E-state index is 12.4. The number of aryl methyl sites for hydroxylation is 2. The first-order chi connectivity index (χ1) is 13.0. The van der Waals surface area contributed by atoms with Crippen molar-refractivity contribution >= 4 is 5.91 Å². The van der Waals surface area contributed by atoms with Gasteiger partial charge in [-0.05, 0) is 38.3 Å². The van der Waals surface area contributed by atoms with Crippen LogP contribution in [0.4, 0.5) is 0 Å². The quantitative estimate of drug-likeness (QED) is 0.847. The van der Waals surface area contributed by atoms with E-state index >= 15 is 0 Å². The lowest BCUT2D eigenvalue weighted by Crippen LogP contribution is -2.36. The van der Waals surface area contributed by atoms with Crippen LogP contribution in [0.5, 0.6) is 0 Å². The molecule has 2 heterocycles. The summed E-state index contributed by atoms with van der Waals surface area (Å²) >= 11 is 0. The number of carbonyl (C=O) groups excluding carboxylic acids is 1. The van der Waals surface area contributed by atoms with Gasteiger partial charge in [-0.3, -0.25) is 9.36 Å². The van der Waals surface area contributed by atoms with Crippen LogP contribution in [0.2, 0.25) is 0 Å². The zero-order valence-corrected chi connectivity index (χ0v) is 16.1. The van der Waals surface area contributed by atoms with Crippen LogP contribution in [0.25, 0.3) is 0 Å². The van der Waals surface area contributed by atoms with Gasteiger partial charge in [0.15, 0.2) is 0 Å². The third-order valence-corrected chi connectivity index (χ3v) is 5.14. The Morgan fingerprint density at radius 3 is 2.67 bits per heavy atom. The molecule has 0 unspecified atom stereocenters. The Labute approximate surface area is 160 Å². The smallest absolute Gasteiger partial charge is 0.338 e. The van der Waals surface area contributed by atoms with Gasteiger partial charge in [-0.2, -0.15) is 4.98 Å². The second-order valence-corrected chi connectivity index (χ2v) is 7.25. The fourth-order valence-electron chi connectivity index (χ4n) is 3.64. The Kier molecular flexibility index (Phi) is 6.40. The van der Waals surface area contributed by atoms with Crippen LogP contribution in [0.1, 0.15) is 36.2 Å². The van der Waals surface area contributed by atoms with Crippen molar-refractivity contribution < 1.29 is 4.79 Å². The molecule has 6 nitrogen and oxygen atoms in total. The fourth-order valence-corrected chi connectivity index (χ4v) is 3.64. The van der Waals surface area contributed by atoms with Gasteiger partial charge in [0.2, 0.25) is 5.91 Å². The molecule has 2 aromatic rings. The van der Waals surface area contributed by atoms with E-state index in [0.717, 1.165) is 30.8 Å². The molecular formula is C21H28N4O2. The topological polar surface area (TPSA) is 67.2 Å². The molecule has 6 heteroatoms. The first kappa shape index (κ1) is 19.3. The van der Waals surface area contributed by atoms with Crippen LogP contribution in [0.15, 0.2) is 41.2 Å². The highest BCUT2D eigenvalue weighted by Gasteiger charge is 2.22. The van der Waals surface area contributed by atoms with Gasteiger partial charge in [-0.25, -0.2) is 4.79 Å². The Morgan fingerprint density at radius 1 is 1.15 bits per heavy atom. The molecule has 1 fully saturated rings. The number of nitrogens with one attached hydrogen (secondary N) is 1. The predicted octanol–water partition coefficient (Wildman–Crippen LogP) is 2.03. The second-order valence-electron chi connectivity index (χ2n) is 7.25. The maximum Gasteiger partial charge on any atom is 0.347 e. The molecule has 0 saturated carbocycles. The minimum Gasteiger partial charge on any atom is -0.338 e. The Morgan fingerprint density at radius 2 is 1.93 bits per heavy atom. The molecule has 1 aromatic carbocycles. The number of carbonyl (C=O) groups is 1. The first-order valence-electron chi connectivity index (χ1n) is 9.63. The molecule has 27 heavy (non-hydrogen) atoms. The highest BCUT2D eigenvalue weighted by molar-refractivity contribution is 5.76. The van der Waals surface area contributed by atoms with E-state index in [0.29, 0.717) is 32.1 Å². The number of nitrogens with zero attached hydrogens (tertiary/aromatic N) is 3. The van der Waals surface area contributed by atoms with Crippen molar-refractivity contribution in [3.63, 3.8) is 0 Å². The fraction of sp³-hybridized carbons (Fsp3) is 0.476. The number of benzene rings is 1. The molecule has 1 N–H and O–H groups in total. The van der Waals surface area contributed by atoms with Gasteiger partial charge in [0.1, 0.15) is 0 Å². The van der Waals surface area contributed by atoms with Gasteiger partial charge in [0.25, 0.3) is 0 Å². The van der Waals surface area contributed by atoms with Crippen molar-refractivity contribution in [2.45, 2.75) is 52.2 Å². The van der Waals surface area contributed by atoms with Crippen LogP contribution in [-0.4, -0.2) is 39.5 Å². The van der Waals surface area contributed by atoms with Crippen molar-refractivity contribution in [2.75, 3.05) is 13.1 Å². The summed E-state index contributed by atoms with van der Waals surface area (Å²) in [6.45, 7) is 6.49. The number of likely N-dealkylation sites (tertiary alicyclic amines) is 1. The van der Waals surface area contributed by atoms with Crippen molar-refractivity contribution in [1.82, 2.24) is 19.8 Å². The van der Waals surface area contributed by atoms with Gasteiger partial charge < -0.3 is 10.2 Å². The largest absolute Gasteiger partial charge is 0.347 e.